The van der Waals surface area contributed by atoms with Gasteiger partial charge in [-0.25, -0.2) is 0 Å². The van der Waals surface area contributed by atoms with Gasteiger partial charge >= 0.3 is 0 Å². The van der Waals surface area contributed by atoms with Gasteiger partial charge in [0.25, 0.3) is 0 Å². The first-order valence-corrected chi connectivity index (χ1v) is 10.7. The molecule has 0 spiro atoms. The Labute approximate surface area is 163 Å². The summed E-state index contributed by atoms with van der Waals surface area (Å²) < 4.78 is 2.16. The second-order valence-corrected chi connectivity index (χ2v) is 9.18. The lowest BCUT2D eigenvalue weighted by atomic mass is 9.81. The summed E-state index contributed by atoms with van der Waals surface area (Å²) in [6.07, 6.45) is 5.77. The highest BCUT2D eigenvalue weighted by molar-refractivity contribution is 6.06. The highest BCUT2D eigenvalue weighted by atomic mass is 16.2. The second kappa shape index (κ2) is 5.87. The first-order chi connectivity index (χ1) is 13.6. The minimum absolute atomic E-state index is 0.0112. The van der Waals surface area contributed by atoms with E-state index in [2.05, 4.69) is 14.8 Å². The van der Waals surface area contributed by atoms with Crippen LogP contribution < -0.4 is 0 Å². The summed E-state index contributed by atoms with van der Waals surface area (Å²) in [4.78, 5) is 41.5. The second-order valence-electron chi connectivity index (χ2n) is 9.18. The van der Waals surface area contributed by atoms with Crippen molar-refractivity contribution in [3.05, 3.63) is 11.6 Å². The Hall–Kier alpha value is -2.25. The van der Waals surface area contributed by atoms with Crippen LogP contribution >= 0.6 is 0 Å². The summed E-state index contributed by atoms with van der Waals surface area (Å²) in [6, 6.07) is 0. The third-order valence-corrected chi connectivity index (χ3v) is 7.65. The Morgan fingerprint density at radius 3 is 2.36 bits per heavy atom. The lowest BCUT2D eigenvalue weighted by Crippen LogP contribution is -2.41. The SMILES string of the molecule is O=C(CCN1C(=O)[C@@H]2[C@H]3CC[C@@H](C3)[C@@H]2C1=O)N1CCn2c(nnc2C2CC2)C1. The Balaban J connectivity index is 1.10. The van der Waals surface area contributed by atoms with Gasteiger partial charge < -0.3 is 9.47 Å². The van der Waals surface area contributed by atoms with Crippen molar-refractivity contribution in [3.63, 3.8) is 0 Å². The van der Waals surface area contributed by atoms with Crippen molar-refractivity contribution in [1.82, 2.24) is 24.6 Å². The molecule has 28 heavy (non-hydrogen) atoms. The fourth-order valence-corrected chi connectivity index (χ4v) is 6.09. The number of nitrogens with zero attached hydrogens (tertiary/aromatic N) is 5. The number of amides is 3. The van der Waals surface area contributed by atoms with Crippen LogP contribution in [0.4, 0.5) is 0 Å². The van der Waals surface area contributed by atoms with E-state index >= 15 is 0 Å². The average molecular weight is 383 g/mol. The fraction of sp³-hybridized carbons (Fsp3) is 0.750. The average Bonchev–Trinajstić information content (AvgIpc) is 3.05. The van der Waals surface area contributed by atoms with Gasteiger partial charge in [-0.3, -0.25) is 19.3 Å². The maximum Gasteiger partial charge on any atom is 0.233 e. The van der Waals surface area contributed by atoms with E-state index < -0.39 is 0 Å². The lowest BCUT2D eigenvalue weighted by Gasteiger charge is -2.28. The smallest absolute Gasteiger partial charge is 0.233 e. The molecule has 5 aliphatic rings. The number of imide groups is 1. The number of hydrogen-bond donors (Lipinski definition) is 0. The molecule has 3 saturated carbocycles. The molecule has 1 aromatic heterocycles. The number of carbonyl (C=O) groups excluding carboxylic acids is 3. The molecule has 8 heteroatoms. The molecule has 3 heterocycles. The highest BCUT2D eigenvalue weighted by Gasteiger charge is 2.60. The standard InChI is InChI=1S/C20H25N5O3/c26-15(23-7-8-24-14(10-23)21-22-18(24)11-1-2-11)5-6-25-19(27)16-12-3-4-13(9-12)17(16)20(25)28/h11-13,16-17H,1-10H2/t12-,13-,16-,17+/m0/s1. The first-order valence-electron chi connectivity index (χ1n) is 10.7. The molecule has 1 aromatic rings. The van der Waals surface area contributed by atoms with Crippen LogP contribution in [0.15, 0.2) is 0 Å². The number of carbonyl (C=O) groups is 3. The van der Waals surface area contributed by atoms with Gasteiger partial charge in [0.1, 0.15) is 5.82 Å². The van der Waals surface area contributed by atoms with Gasteiger partial charge in [-0.2, -0.15) is 0 Å². The third-order valence-electron chi connectivity index (χ3n) is 7.65. The Kier molecular flexibility index (Phi) is 3.50. The number of aromatic nitrogens is 3. The molecule has 0 unspecified atom stereocenters. The van der Waals surface area contributed by atoms with Crippen LogP contribution in [-0.2, 0) is 27.5 Å². The van der Waals surface area contributed by atoms with E-state index in [-0.39, 0.29) is 42.5 Å². The third kappa shape index (κ3) is 2.32. The van der Waals surface area contributed by atoms with Crippen molar-refractivity contribution in [3.8, 4) is 0 Å². The molecular formula is C20H25N5O3. The molecule has 4 fully saturated rings. The molecule has 3 aliphatic carbocycles. The summed E-state index contributed by atoms with van der Waals surface area (Å²) in [5.41, 5.74) is 0. The molecule has 0 aromatic carbocycles. The van der Waals surface area contributed by atoms with Gasteiger partial charge in [0.05, 0.1) is 18.4 Å². The number of likely N-dealkylation sites (tertiary alicyclic amines) is 1. The molecule has 2 aliphatic heterocycles. The van der Waals surface area contributed by atoms with E-state index in [0.29, 0.717) is 30.8 Å². The van der Waals surface area contributed by atoms with Crippen LogP contribution in [0.25, 0.3) is 0 Å². The van der Waals surface area contributed by atoms with E-state index in [1.807, 2.05) is 0 Å². The molecule has 3 amide bonds. The quantitative estimate of drug-likeness (QED) is 0.722. The molecule has 2 bridgehead atoms. The van der Waals surface area contributed by atoms with Crippen molar-refractivity contribution in [2.75, 3.05) is 13.1 Å². The van der Waals surface area contributed by atoms with Gasteiger partial charge in [-0.05, 0) is 43.9 Å². The van der Waals surface area contributed by atoms with Gasteiger partial charge in [-0.15, -0.1) is 10.2 Å². The van der Waals surface area contributed by atoms with Gasteiger partial charge in [0.2, 0.25) is 17.7 Å². The zero-order valence-corrected chi connectivity index (χ0v) is 15.9. The van der Waals surface area contributed by atoms with Crippen LogP contribution in [-0.4, -0.2) is 55.4 Å². The molecule has 0 N–H and O–H groups in total. The van der Waals surface area contributed by atoms with Crippen LogP contribution in [0.1, 0.15) is 56.1 Å². The van der Waals surface area contributed by atoms with Crippen molar-refractivity contribution in [2.45, 2.75) is 57.5 Å². The predicted molar refractivity (Wildman–Crippen MR) is 96.6 cm³/mol. The number of fused-ring (bicyclic) bond motifs is 6. The summed E-state index contributed by atoms with van der Waals surface area (Å²) in [7, 11) is 0. The minimum atomic E-state index is -0.101. The Morgan fingerprint density at radius 1 is 0.964 bits per heavy atom. The van der Waals surface area contributed by atoms with Crippen LogP contribution in [0, 0.1) is 23.7 Å². The predicted octanol–water partition coefficient (Wildman–Crippen LogP) is 0.919. The van der Waals surface area contributed by atoms with E-state index in [1.165, 1.54) is 17.7 Å². The lowest BCUT2D eigenvalue weighted by molar-refractivity contribution is -0.141. The number of rotatable bonds is 4. The van der Waals surface area contributed by atoms with Crippen molar-refractivity contribution in [2.24, 2.45) is 23.7 Å². The van der Waals surface area contributed by atoms with E-state index in [0.717, 1.165) is 37.5 Å². The Morgan fingerprint density at radius 2 is 1.68 bits per heavy atom. The van der Waals surface area contributed by atoms with Crippen molar-refractivity contribution >= 4 is 17.7 Å². The number of hydrogen-bond acceptors (Lipinski definition) is 5. The largest absolute Gasteiger partial charge is 0.333 e. The monoisotopic (exact) mass is 383 g/mol. The Bertz CT molecular complexity index is 847. The summed E-state index contributed by atoms with van der Waals surface area (Å²) in [5.74, 6) is 2.98. The normalized spacial score (nSPS) is 33.6. The molecule has 8 nitrogen and oxygen atoms in total. The van der Waals surface area contributed by atoms with Gasteiger partial charge in [0.15, 0.2) is 5.82 Å². The molecule has 0 radical (unpaired) electrons. The summed E-state index contributed by atoms with van der Waals surface area (Å²) >= 11 is 0. The van der Waals surface area contributed by atoms with E-state index in [9.17, 15) is 14.4 Å². The summed E-state index contributed by atoms with van der Waals surface area (Å²) in [6.45, 7) is 2.06. The van der Waals surface area contributed by atoms with E-state index in [4.69, 9.17) is 0 Å². The zero-order chi connectivity index (χ0) is 19.0. The molecule has 4 atom stereocenters. The molecule has 6 rings (SSSR count). The molecule has 1 saturated heterocycles. The van der Waals surface area contributed by atoms with Gasteiger partial charge in [-0.1, -0.05) is 0 Å². The topological polar surface area (TPSA) is 88.4 Å². The van der Waals surface area contributed by atoms with Crippen molar-refractivity contribution in [1.29, 1.82) is 0 Å². The first kappa shape index (κ1) is 16.7. The minimum Gasteiger partial charge on any atom is -0.333 e. The molecule has 148 valence electrons. The fourth-order valence-electron chi connectivity index (χ4n) is 6.09. The van der Waals surface area contributed by atoms with Crippen LogP contribution in [0.2, 0.25) is 0 Å². The van der Waals surface area contributed by atoms with Gasteiger partial charge in [0, 0.05) is 32.0 Å². The highest BCUT2D eigenvalue weighted by Crippen LogP contribution is 2.56. The maximum absolute atomic E-state index is 12.8. The maximum atomic E-state index is 12.8. The van der Waals surface area contributed by atoms with Crippen LogP contribution in [0.5, 0.6) is 0 Å². The summed E-state index contributed by atoms with van der Waals surface area (Å²) in [5, 5.41) is 8.59. The zero-order valence-electron chi connectivity index (χ0n) is 15.9. The molecular weight excluding hydrogens is 358 g/mol. The van der Waals surface area contributed by atoms with E-state index in [1.54, 1.807) is 4.90 Å². The van der Waals surface area contributed by atoms with Crippen LogP contribution in [0.3, 0.4) is 0 Å². The van der Waals surface area contributed by atoms with Crippen molar-refractivity contribution < 1.29 is 14.4 Å².